The van der Waals surface area contributed by atoms with E-state index in [9.17, 15) is 4.79 Å². The average Bonchev–Trinajstić information content (AvgIpc) is 3.04. The summed E-state index contributed by atoms with van der Waals surface area (Å²) >= 11 is 0. The summed E-state index contributed by atoms with van der Waals surface area (Å²) in [7, 11) is 1.47. The van der Waals surface area contributed by atoms with Gasteiger partial charge >= 0.3 is 0 Å². The molecule has 8 nitrogen and oxygen atoms in total. The molecule has 1 amide bonds. The van der Waals surface area contributed by atoms with Gasteiger partial charge in [-0.25, -0.2) is 0 Å². The third-order valence-corrected chi connectivity index (χ3v) is 4.05. The number of rotatable bonds is 9. The average molecular weight is 381 g/mol. The summed E-state index contributed by atoms with van der Waals surface area (Å²) in [5.74, 6) is 0.873. The number of aromatic nitrogens is 2. The van der Waals surface area contributed by atoms with E-state index in [0.717, 1.165) is 11.4 Å². The van der Waals surface area contributed by atoms with Gasteiger partial charge in [-0.05, 0) is 31.0 Å². The van der Waals surface area contributed by atoms with E-state index in [0.29, 0.717) is 48.6 Å². The molecule has 0 aliphatic heterocycles. The van der Waals surface area contributed by atoms with Crippen LogP contribution in [0.2, 0.25) is 0 Å². The lowest BCUT2D eigenvalue weighted by atomic mass is 10.1. The molecule has 0 spiro atoms. The van der Waals surface area contributed by atoms with Gasteiger partial charge in [-0.2, -0.15) is 15.6 Å². The van der Waals surface area contributed by atoms with Gasteiger partial charge in [-0.3, -0.25) is 9.48 Å². The molecular formula is C20H23N5O3. The van der Waals surface area contributed by atoms with Crippen LogP contribution in [0.5, 0.6) is 11.5 Å². The van der Waals surface area contributed by atoms with Gasteiger partial charge in [-0.15, -0.1) is 0 Å². The second-order valence-corrected chi connectivity index (χ2v) is 6.01. The Labute approximate surface area is 164 Å². The lowest BCUT2D eigenvalue weighted by Gasteiger charge is -2.10. The van der Waals surface area contributed by atoms with E-state index in [-0.39, 0.29) is 12.5 Å². The Balaban J connectivity index is 2.27. The molecule has 1 heterocycles. The molecule has 0 radical (unpaired) electrons. The number of hydrogen-bond donors (Lipinski definition) is 1. The van der Waals surface area contributed by atoms with Crippen LogP contribution in [0, 0.1) is 22.7 Å². The molecule has 146 valence electrons. The van der Waals surface area contributed by atoms with Crippen molar-refractivity contribution in [3.63, 3.8) is 0 Å². The molecule has 0 fully saturated rings. The van der Waals surface area contributed by atoms with Gasteiger partial charge in [0.2, 0.25) is 5.91 Å². The molecule has 1 N–H and O–H groups in total. The van der Waals surface area contributed by atoms with Crippen molar-refractivity contribution in [3.8, 4) is 23.6 Å². The van der Waals surface area contributed by atoms with Crippen LogP contribution < -0.4 is 10.1 Å². The van der Waals surface area contributed by atoms with Gasteiger partial charge in [0.15, 0.2) is 5.75 Å². The first kappa shape index (κ1) is 20.9. The lowest BCUT2D eigenvalue weighted by molar-refractivity contribution is -0.124. The maximum atomic E-state index is 11.5. The molecule has 0 bridgehead atoms. The van der Waals surface area contributed by atoms with Crippen molar-refractivity contribution < 1.29 is 14.3 Å². The third kappa shape index (κ3) is 5.09. The van der Waals surface area contributed by atoms with Crippen LogP contribution in [-0.4, -0.2) is 35.9 Å². The SMILES string of the molecule is CCc1nn(CCNC(=O)COC)c(CC)c1Oc1cc(C#N)cc(C#N)c1. The Morgan fingerprint density at radius 1 is 1.18 bits per heavy atom. The fourth-order valence-electron chi connectivity index (χ4n) is 2.80. The van der Waals surface area contributed by atoms with Gasteiger partial charge in [0.25, 0.3) is 0 Å². The second-order valence-electron chi connectivity index (χ2n) is 6.01. The predicted octanol–water partition coefficient (Wildman–Crippen LogP) is 2.31. The molecule has 0 unspecified atom stereocenters. The highest BCUT2D eigenvalue weighted by Gasteiger charge is 2.18. The first-order chi connectivity index (χ1) is 13.6. The topological polar surface area (TPSA) is 113 Å². The predicted molar refractivity (Wildman–Crippen MR) is 102 cm³/mol. The zero-order chi connectivity index (χ0) is 20.5. The summed E-state index contributed by atoms with van der Waals surface area (Å²) in [5, 5.41) is 25.7. The normalized spacial score (nSPS) is 10.2. The standard InChI is InChI=1S/C20H23N5O3/c1-4-17-20(28-16-9-14(11-21)8-15(10-16)12-22)18(5-2)25(24-17)7-6-23-19(26)13-27-3/h8-10H,4-7,13H2,1-3H3,(H,23,26). The van der Waals surface area contributed by atoms with Crippen LogP contribution in [-0.2, 0) is 28.9 Å². The zero-order valence-corrected chi connectivity index (χ0v) is 16.3. The molecule has 0 aliphatic rings. The molecule has 0 saturated carbocycles. The number of carbonyl (C=O) groups excluding carboxylic acids is 1. The number of nitrogens with zero attached hydrogens (tertiary/aromatic N) is 4. The van der Waals surface area contributed by atoms with Gasteiger partial charge < -0.3 is 14.8 Å². The number of hydrogen-bond acceptors (Lipinski definition) is 6. The number of ether oxygens (including phenoxy) is 2. The van der Waals surface area contributed by atoms with Crippen molar-refractivity contribution in [1.29, 1.82) is 10.5 Å². The van der Waals surface area contributed by atoms with Crippen molar-refractivity contribution in [1.82, 2.24) is 15.1 Å². The van der Waals surface area contributed by atoms with Gasteiger partial charge in [0.1, 0.15) is 18.1 Å². The minimum Gasteiger partial charge on any atom is -0.453 e. The molecule has 0 atom stereocenters. The van der Waals surface area contributed by atoms with Crippen molar-refractivity contribution in [2.75, 3.05) is 20.3 Å². The van der Waals surface area contributed by atoms with Gasteiger partial charge in [0, 0.05) is 13.7 Å². The summed E-state index contributed by atoms with van der Waals surface area (Å²) < 4.78 is 12.7. The molecule has 1 aromatic carbocycles. The van der Waals surface area contributed by atoms with Crippen LogP contribution in [0.25, 0.3) is 0 Å². The highest BCUT2D eigenvalue weighted by Crippen LogP contribution is 2.31. The highest BCUT2D eigenvalue weighted by atomic mass is 16.5. The maximum absolute atomic E-state index is 11.5. The minimum absolute atomic E-state index is 0.0186. The Kier molecular flexibility index (Phi) is 7.55. The maximum Gasteiger partial charge on any atom is 0.246 e. The molecule has 0 saturated heterocycles. The van der Waals surface area contributed by atoms with Crippen molar-refractivity contribution in [3.05, 3.63) is 40.7 Å². The van der Waals surface area contributed by atoms with Crippen LogP contribution in [0.4, 0.5) is 0 Å². The number of amides is 1. The molecular weight excluding hydrogens is 358 g/mol. The quantitative estimate of drug-likeness (QED) is 0.713. The van der Waals surface area contributed by atoms with Gasteiger partial charge in [-0.1, -0.05) is 13.8 Å². The summed E-state index contributed by atoms with van der Waals surface area (Å²) in [4.78, 5) is 11.5. The molecule has 1 aromatic heterocycles. The monoisotopic (exact) mass is 381 g/mol. The number of methoxy groups -OCH3 is 1. The van der Waals surface area contributed by atoms with Crippen LogP contribution >= 0.6 is 0 Å². The number of nitriles is 2. The Bertz CT molecular complexity index is 889. The first-order valence-corrected chi connectivity index (χ1v) is 9.03. The van der Waals surface area contributed by atoms with Crippen LogP contribution in [0.1, 0.15) is 36.4 Å². The van der Waals surface area contributed by atoms with E-state index in [2.05, 4.69) is 10.4 Å². The fraction of sp³-hybridized carbons (Fsp3) is 0.400. The second kappa shape index (κ2) is 10.1. The van der Waals surface area contributed by atoms with E-state index in [4.69, 9.17) is 20.0 Å². The third-order valence-electron chi connectivity index (χ3n) is 4.05. The van der Waals surface area contributed by atoms with E-state index in [1.807, 2.05) is 30.7 Å². The van der Waals surface area contributed by atoms with Crippen molar-refractivity contribution in [2.45, 2.75) is 33.2 Å². The van der Waals surface area contributed by atoms with Crippen LogP contribution in [0.15, 0.2) is 18.2 Å². The number of aryl methyl sites for hydroxylation is 1. The first-order valence-electron chi connectivity index (χ1n) is 9.03. The largest absolute Gasteiger partial charge is 0.453 e. The van der Waals surface area contributed by atoms with Gasteiger partial charge in [0.05, 0.1) is 35.5 Å². The van der Waals surface area contributed by atoms with E-state index >= 15 is 0 Å². The Morgan fingerprint density at radius 2 is 1.86 bits per heavy atom. The summed E-state index contributed by atoms with van der Waals surface area (Å²) in [6.07, 6.45) is 1.34. The summed E-state index contributed by atoms with van der Waals surface area (Å²) in [6, 6.07) is 8.79. The molecule has 2 rings (SSSR count). The minimum atomic E-state index is -0.183. The van der Waals surface area contributed by atoms with Crippen molar-refractivity contribution in [2.24, 2.45) is 0 Å². The molecule has 28 heavy (non-hydrogen) atoms. The number of carbonyl (C=O) groups is 1. The van der Waals surface area contributed by atoms with Crippen molar-refractivity contribution >= 4 is 5.91 Å². The lowest BCUT2D eigenvalue weighted by Crippen LogP contribution is -2.30. The summed E-state index contributed by atoms with van der Waals surface area (Å²) in [5.41, 5.74) is 2.39. The Hall–Kier alpha value is -3.36. The zero-order valence-electron chi connectivity index (χ0n) is 16.3. The molecule has 2 aromatic rings. The highest BCUT2D eigenvalue weighted by molar-refractivity contribution is 5.77. The molecule has 8 heteroatoms. The molecule has 0 aliphatic carbocycles. The van der Waals surface area contributed by atoms with E-state index in [1.165, 1.54) is 13.2 Å². The number of benzene rings is 1. The van der Waals surface area contributed by atoms with Crippen LogP contribution in [0.3, 0.4) is 0 Å². The van der Waals surface area contributed by atoms with E-state index in [1.54, 1.807) is 12.1 Å². The number of nitrogens with one attached hydrogen (secondary N) is 1. The Morgan fingerprint density at radius 3 is 2.39 bits per heavy atom. The fourth-order valence-corrected chi connectivity index (χ4v) is 2.80. The summed E-state index contributed by atoms with van der Waals surface area (Å²) in [6.45, 7) is 4.91. The smallest absolute Gasteiger partial charge is 0.246 e. The van der Waals surface area contributed by atoms with E-state index < -0.39 is 0 Å².